The van der Waals surface area contributed by atoms with Crippen LogP contribution in [0.5, 0.6) is 11.5 Å². The van der Waals surface area contributed by atoms with Gasteiger partial charge >= 0.3 is 17.8 Å². The molecule has 4 heterocycles. The standard InChI is InChI=1S/C46H59ClN4O10/c1-26(2)48-45-50-35(25-59-45)34-21-39(33-12-13-38(58-15-14-57-4)41(47)42(33)49-34)60-32-20-36-37(52)23-46(44(55)56)22-30(46)11-9-7-5-6-8-10-27(43(54)51(36,3)24-32)19-40(53)61-31-17-28-16-29(28)18-31/h12-13,21,25-32,36H,5-11,14-20,22-24H2,1-4H3,(H-,48,50,55,56)/p+1/t27-,28-,29+,30-,31?,32-,36+,46-,51+/m1/s1. The third kappa shape index (κ3) is 9.27. The number of anilines is 1. The van der Waals surface area contributed by atoms with Crippen LogP contribution < -0.4 is 14.8 Å². The van der Waals surface area contributed by atoms with Crippen molar-refractivity contribution < 1.29 is 52.1 Å². The molecule has 3 aliphatic carbocycles. The van der Waals surface area contributed by atoms with Crippen LogP contribution in [0.25, 0.3) is 22.3 Å². The number of aromatic nitrogens is 2. The first-order valence-corrected chi connectivity index (χ1v) is 22.6. The summed E-state index contributed by atoms with van der Waals surface area (Å²) in [5.74, 6) is -0.433. The molecule has 9 atom stereocenters. The molecule has 2 saturated heterocycles. The molecule has 330 valence electrons. The van der Waals surface area contributed by atoms with Gasteiger partial charge in [-0.15, -0.1) is 0 Å². The number of hydrogen-bond acceptors (Lipinski definition) is 12. The van der Waals surface area contributed by atoms with Crippen LogP contribution in [-0.4, -0.2) is 101 Å². The smallest absolute Gasteiger partial charge is 0.317 e. The molecule has 0 radical (unpaired) electrons. The average Bonchev–Trinajstić information content (AvgIpc) is 3.91. The summed E-state index contributed by atoms with van der Waals surface area (Å²) in [4.78, 5) is 65.7. The number of carboxylic acids is 1. The predicted molar refractivity (Wildman–Crippen MR) is 226 cm³/mol. The Labute approximate surface area is 362 Å². The highest BCUT2D eigenvalue weighted by Crippen LogP contribution is 2.59. The number of rotatable bonds is 13. The van der Waals surface area contributed by atoms with Crippen LogP contribution in [0.3, 0.4) is 0 Å². The van der Waals surface area contributed by atoms with Gasteiger partial charge < -0.3 is 33.8 Å². The van der Waals surface area contributed by atoms with Crippen molar-refractivity contribution in [2.75, 3.05) is 39.2 Å². The number of carbonyl (C=O) groups is 4. The van der Waals surface area contributed by atoms with E-state index in [0.717, 1.165) is 51.4 Å². The van der Waals surface area contributed by atoms with Crippen molar-refractivity contribution in [3.63, 3.8) is 0 Å². The van der Waals surface area contributed by atoms with Gasteiger partial charge in [-0.2, -0.15) is 4.98 Å². The number of benzene rings is 1. The molecule has 3 aromatic rings. The van der Waals surface area contributed by atoms with Gasteiger partial charge in [0.15, 0.2) is 17.9 Å². The molecule has 2 aliphatic heterocycles. The average molecular weight is 864 g/mol. The molecule has 5 fully saturated rings. The molecule has 1 aromatic carbocycles. The molecule has 8 rings (SSSR count). The zero-order chi connectivity index (χ0) is 43.1. The van der Waals surface area contributed by atoms with Crippen molar-refractivity contribution in [3.05, 3.63) is 29.5 Å². The highest BCUT2D eigenvalue weighted by Gasteiger charge is 2.63. The maximum absolute atomic E-state index is 15.2. The second-order valence-electron chi connectivity index (χ2n) is 18.8. The first-order valence-electron chi connectivity index (χ1n) is 22.3. The summed E-state index contributed by atoms with van der Waals surface area (Å²) in [7, 11) is 3.35. The number of esters is 1. The molecule has 15 heteroatoms. The number of fused-ring (bicyclic) bond motifs is 4. The summed E-state index contributed by atoms with van der Waals surface area (Å²) in [6, 6.07) is 4.82. The predicted octanol–water partition coefficient (Wildman–Crippen LogP) is 8.02. The number of ether oxygens (including phenoxy) is 4. The number of ketones is 1. The first kappa shape index (κ1) is 43.4. The quantitative estimate of drug-likeness (QED) is 0.0961. The topological polar surface area (TPSA) is 176 Å². The number of nitrogens with one attached hydrogen (secondary N) is 1. The molecular weight excluding hydrogens is 804 g/mol. The number of nitrogens with zero attached hydrogens (tertiary/aromatic N) is 3. The van der Waals surface area contributed by atoms with Gasteiger partial charge in [0, 0.05) is 31.0 Å². The van der Waals surface area contributed by atoms with E-state index in [1.54, 1.807) is 26.3 Å². The number of hydrogen-bond donors (Lipinski definition) is 2. The summed E-state index contributed by atoms with van der Waals surface area (Å²) in [6.45, 7) is 4.70. The van der Waals surface area contributed by atoms with E-state index >= 15 is 4.79 Å². The second-order valence-corrected chi connectivity index (χ2v) is 19.2. The van der Waals surface area contributed by atoms with E-state index in [9.17, 15) is 19.5 Å². The minimum absolute atomic E-state index is 0.0525. The molecule has 1 amide bonds. The van der Waals surface area contributed by atoms with Crippen LogP contribution in [0, 0.1) is 29.1 Å². The van der Waals surface area contributed by atoms with Gasteiger partial charge in [-0.05, 0) is 82.3 Å². The van der Waals surface area contributed by atoms with Crippen LogP contribution in [0.4, 0.5) is 6.01 Å². The number of carboxylic acid groups (broad SMARTS) is 1. The van der Waals surface area contributed by atoms with Crippen molar-refractivity contribution in [3.8, 4) is 22.9 Å². The Morgan fingerprint density at radius 3 is 2.48 bits per heavy atom. The lowest BCUT2D eigenvalue weighted by Crippen LogP contribution is -2.59. The second kappa shape index (κ2) is 17.8. The molecule has 2 N–H and O–H groups in total. The van der Waals surface area contributed by atoms with Crippen molar-refractivity contribution >= 4 is 52.1 Å². The Morgan fingerprint density at radius 1 is 0.984 bits per heavy atom. The Kier molecular flexibility index (Phi) is 12.7. The minimum Gasteiger partial charge on any atom is -0.490 e. The largest absolute Gasteiger partial charge is 0.490 e. The van der Waals surface area contributed by atoms with Gasteiger partial charge in [0.1, 0.15) is 47.7 Å². The Morgan fingerprint density at radius 2 is 1.74 bits per heavy atom. The first-order chi connectivity index (χ1) is 29.3. The highest BCUT2D eigenvalue weighted by molar-refractivity contribution is 6.36. The molecule has 0 spiro atoms. The summed E-state index contributed by atoms with van der Waals surface area (Å²) in [5, 5.41) is 14.5. The monoisotopic (exact) mass is 863 g/mol. The Bertz CT molecular complexity index is 2130. The highest BCUT2D eigenvalue weighted by atomic mass is 35.5. The Hall–Kier alpha value is -4.27. The zero-order valence-corrected chi connectivity index (χ0v) is 36.5. The molecule has 1 unspecified atom stereocenters. The molecular formula is C46H60ClN4O10+. The van der Waals surface area contributed by atoms with Crippen LogP contribution >= 0.6 is 11.6 Å². The molecule has 5 aliphatic rings. The van der Waals surface area contributed by atoms with Crippen molar-refractivity contribution in [1.82, 2.24) is 9.97 Å². The number of quaternary nitrogens is 1. The van der Waals surface area contributed by atoms with Crippen LogP contribution in [-0.2, 0) is 28.7 Å². The van der Waals surface area contributed by atoms with E-state index in [1.165, 1.54) is 12.7 Å². The van der Waals surface area contributed by atoms with Gasteiger partial charge in [-0.3, -0.25) is 18.9 Å². The SMILES string of the molecule is COCCOc1ccc2c(O[C@@H]3C[C@H]4C(=O)C[C@]5(C(=O)O)C[C@H]5CCCCCCC[C@H](CC(=O)OC5C[C@@H]6C[C@@H]6C5)C(=O)[N@@+]4(C)C3)cc(-c3coc(NC(C)C)n3)nc2c1Cl. The number of carbonyl (C=O) groups excluding carboxylic acids is 3. The number of methoxy groups -OCH3 is 1. The third-order valence-electron chi connectivity index (χ3n) is 14.0. The van der Waals surface area contributed by atoms with E-state index in [2.05, 4.69) is 10.3 Å². The molecule has 61 heavy (non-hydrogen) atoms. The number of Topliss-reactive ketones (excluding diaryl/α,β-unsaturated/α-hetero) is 1. The van der Waals surface area contributed by atoms with Crippen molar-refractivity contribution in [1.29, 1.82) is 0 Å². The fourth-order valence-corrected chi connectivity index (χ4v) is 10.8. The van der Waals surface area contributed by atoms with Crippen molar-refractivity contribution in [2.45, 2.75) is 128 Å². The van der Waals surface area contributed by atoms with Crippen molar-refractivity contribution in [2.24, 2.45) is 29.1 Å². The summed E-state index contributed by atoms with van der Waals surface area (Å²) < 4.78 is 29.4. The molecule has 3 saturated carbocycles. The Balaban J connectivity index is 1.13. The zero-order valence-electron chi connectivity index (χ0n) is 35.8. The summed E-state index contributed by atoms with van der Waals surface area (Å²) in [5.41, 5.74) is 0.113. The number of likely N-dealkylation sites (N-methyl/N-ethyl adjacent to an activating group) is 1. The lowest BCUT2D eigenvalue weighted by atomic mass is 9.89. The van der Waals surface area contributed by atoms with E-state index in [0.29, 0.717) is 71.1 Å². The van der Waals surface area contributed by atoms with E-state index in [-0.39, 0.29) is 77.6 Å². The van der Waals surface area contributed by atoms with Gasteiger partial charge in [-0.1, -0.05) is 43.7 Å². The minimum atomic E-state index is -1.13. The normalized spacial score (nSPS) is 31.4. The third-order valence-corrected chi connectivity index (χ3v) is 14.4. The van der Waals surface area contributed by atoms with Gasteiger partial charge in [0.25, 0.3) is 6.01 Å². The van der Waals surface area contributed by atoms with E-state index in [1.807, 2.05) is 19.9 Å². The fourth-order valence-electron chi connectivity index (χ4n) is 10.5. The number of oxazole rings is 1. The lowest BCUT2D eigenvalue weighted by Gasteiger charge is -2.35. The number of aliphatic carboxylic acids is 1. The summed E-state index contributed by atoms with van der Waals surface area (Å²) >= 11 is 6.99. The van der Waals surface area contributed by atoms with E-state index in [4.69, 9.17) is 39.9 Å². The number of halogens is 1. The molecule has 0 bridgehead atoms. The number of amides is 1. The van der Waals surface area contributed by atoms with Gasteiger partial charge in [0.05, 0.1) is 49.0 Å². The van der Waals surface area contributed by atoms with E-state index < -0.39 is 29.4 Å². The summed E-state index contributed by atoms with van der Waals surface area (Å²) in [6.07, 6.45) is 9.89. The lowest BCUT2D eigenvalue weighted by molar-refractivity contribution is -0.840. The molecule has 14 nitrogen and oxygen atoms in total. The van der Waals surface area contributed by atoms with Gasteiger partial charge in [0.2, 0.25) is 0 Å². The molecule has 2 aromatic heterocycles. The van der Waals surface area contributed by atoms with Crippen LogP contribution in [0.1, 0.15) is 104 Å². The fraction of sp³-hybridized carbons (Fsp3) is 0.652. The maximum atomic E-state index is 15.2. The van der Waals surface area contributed by atoms with Crippen LogP contribution in [0.2, 0.25) is 5.02 Å². The number of pyridine rings is 1. The maximum Gasteiger partial charge on any atom is 0.317 e. The van der Waals surface area contributed by atoms with Crippen LogP contribution in [0.15, 0.2) is 28.9 Å². The van der Waals surface area contributed by atoms with Gasteiger partial charge in [-0.25, -0.2) is 9.78 Å².